The summed E-state index contributed by atoms with van der Waals surface area (Å²) in [4.78, 5) is 11.9. The van der Waals surface area contributed by atoms with E-state index >= 15 is 0 Å². The average molecular weight is 384 g/mol. The zero-order valence-corrected chi connectivity index (χ0v) is 16.2. The van der Waals surface area contributed by atoms with Gasteiger partial charge in [0.05, 0.1) is 4.47 Å². The molecule has 0 radical (unpaired) electrons. The Morgan fingerprint density at radius 2 is 2.04 bits per heavy atom. The zero-order chi connectivity index (χ0) is 17.1. The fourth-order valence-electron chi connectivity index (χ4n) is 2.50. The van der Waals surface area contributed by atoms with Crippen LogP contribution in [-0.2, 0) is 11.2 Å². The van der Waals surface area contributed by atoms with Crippen LogP contribution in [0.1, 0.15) is 58.4 Å². The minimum Gasteiger partial charge on any atom is -0.483 e. The van der Waals surface area contributed by atoms with Crippen LogP contribution < -0.4 is 10.1 Å². The van der Waals surface area contributed by atoms with E-state index in [0.29, 0.717) is 5.92 Å². The van der Waals surface area contributed by atoms with Crippen molar-refractivity contribution in [3.05, 3.63) is 28.2 Å². The summed E-state index contributed by atoms with van der Waals surface area (Å²) in [5, 5.41) is 2.98. The summed E-state index contributed by atoms with van der Waals surface area (Å²) in [6, 6.07) is 6.05. The van der Waals surface area contributed by atoms with Gasteiger partial charge < -0.3 is 10.1 Å². The van der Waals surface area contributed by atoms with E-state index in [1.165, 1.54) is 24.8 Å². The standard InChI is InChI=1S/C19H30BrNO2/c1-4-7-9-15(6-3)13-21-19(22)14-23-18-11-10-16(8-5-2)12-17(18)20/h10-12,15H,4-9,13-14H2,1-3H3,(H,21,22). The third-order valence-electron chi connectivity index (χ3n) is 4.02. The van der Waals surface area contributed by atoms with E-state index in [1.807, 2.05) is 6.07 Å². The van der Waals surface area contributed by atoms with Crippen molar-refractivity contribution in [3.63, 3.8) is 0 Å². The number of halogens is 1. The molecule has 0 aliphatic carbocycles. The van der Waals surface area contributed by atoms with Crippen LogP contribution in [0, 0.1) is 5.92 Å². The van der Waals surface area contributed by atoms with Crippen LogP contribution in [0.3, 0.4) is 0 Å². The Bertz CT molecular complexity index is 476. The summed E-state index contributed by atoms with van der Waals surface area (Å²) in [5.41, 5.74) is 1.28. The van der Waals surface area contributed by atoms with Gasteiger partial charge in [-0.2, -0.15) is 0 Å². The number of aryl methyl sites for hydroxylation is 1. The Morgan fingerprint density at radius 1 is 1.26 bits per heavy atom. The predicted molar refractivity (Wildman–Crippen MR) is 99.9 cm³/mol. The lowest BCUT2D eigenvalue weighted by Crippen LogP contribution is -2.33. The van der Waals surface area contributed by atoms with Gasteiger partial charge in [0.25, 0.3) is 5.91 Å². The molecular weight excluding hydrogens is 354 g/mol. The normalized spacial score (nSPS) is 12.0. The monoisotopic (exact) mass is 383 g/mol. The van der Waals surface area contributed by atoms with Crippen LogP contribution in [0.15, 0.2) is 22.7 Å². The number of unbranched alkanes of at least 4 members (excludes halogenated alkanes) is 1. The van der Waals surface area contributed by atoms with Gasteiger partial charge in [-0.3, -0.25) is 4.79 Å². The number of hydrogen-bond donors (Lipinski definition) is 1. The molecular formula is C19H30BrNO2. The van der Waals surface area contributed by atoms with Crippen molar-refractivity contribution in [1.82, 2.24) is 5.32 Å². The molecule has 0 bridgehead atoms. The van der Waals surface area contributed by atoms with Gasteiger partial charge in [-0.1, -0.05) is 52.5 Å². The summed E-state index contributed by atoms with van der Waals surface area (Å²) in [6.45, 7) is 7.35. The minimum atomic E-state index is -0.0514. The van der Waals surface area contributed by atoms with E-state index < -0.39 is 0 Å². The maximum atomic E-state index is 11.9. The third kappa shape index (κ3) is 7.87. The number of amides is 1. The number of carbonyl (C=O) groups excluding carboxylic acids is 1. The van der Waals surface area contributed by atoms with Crippen LogP contribution in [0.25, 0.3) is 0 Å². The van der Waals surface area contributed by atoms with E-state index in [9.17, 15) is 4.79 Å². The summed E-state index contributed by atoms with van der Waals surface area (Å²) >= 11 is 3.51. The number of benzene rings is 1. The van der Waals surface area contributed by atoms with E-state index in [1.54, 1.807) is 0 Å². The smallest absolute Gasteiger partial charge is 0.257 e. The molecule has 0 fully saturated rings. The highest BCUT2D eigenvalue weighted by atomic mass is 79.9. The van der Waals surface area contributed by atoms with Gasteiger partial charge >= 0.3 is 0 Å². The molecule has 3 nitrogen and oxygen atoms in total. The molecule has 0 spiro atoms. The number of hydrogen-bond acceptors (Lipinski definition) is 2. The van der Waals surface area contributed by atoms with Crippen LogP contribution in [-0.4, -0.2) is 19.1 Å². The second-order valence-corrected chi connectivity index (χ2v) is 6.88. The van der Waals surface area contributed by atoms with Gasteiger partial charge in [0.1, 0.15) is 5.75 Å². The second kappa shape index (κ2) is 11.5. The van der Waals surface area contributed by atoms with Crippen molar-refractivity contribution in [2.75, 3.05) is 13.2 Å². The molecule has 4 heteroatoms. The fourth-order valence-corrected chi connectivity index (χ4v) is 3.04. The third-order valence-corrected chi connectivity index (χ3v) is 4.64. The quantitative estimate of drug-likeness (QED) is 0.576. The maximum absolute atomic E-state index is 11.9. The minimum absolute atomic E-state index is 0.0514. The van der Waals surface area contributed by atoms with Gasteiger partial charge in [0.15, 0.2) is 6.61 Å². The lowest BCUT2D eigenvalue weighted by Gasteiger charge is -2.15. The first-order valence-corrected chi connectivity index (χ1v) is 9.57. The lowest BCUT2D eigenvalue weighted by atomic mass is 9.99. The van der Waals surface area contributed by atoms with Crippen molar-refractivity contribution in [3.8, 4) is 5.75 Å². The van der Waals surface area contributed by atoms with Gasteiger partial charge in [0, 0.05) is 6.54 Å². The van der Waals surface area contributed by atoms with Gasteiger partial charge in [-0.15, -0.1) is 0 Å². The van der Waals surface area contributed by atoms with Crippen LogP contribution in [0.5, 0.6) is 5.75 Å². The van der Waals surface area contributed by atoms with Crippen LogP contribution >= 0.6 is 15.9 Å². The number of nitrogens with one attached hydrogen (secondary N) is 1. The van der Waals surface area contributed by atoms with Gasteiger partial charge in [-0.05, 0) is 52.4 Å². The highest BCUT2D eigenvalue weighted by Crippen LogP contribution is 2.26. The van der Waals surface area contributed by atoms with Crippen LogP contribution in [0.2, 0.25) is 0 Å². The number of ether oxygens (including phenoxy) is 1. The Balaban J connectivity index is 2.38. The van der Waals surface area contributed by atoms with Crippen molar-refractivity contribution in [2.45, 2.75) is 59.3 Å². The fraction of sp³-hybridized carbons (Fsp3) is 0.632. The Labute approximate surface area is 149 Å². The number of carbonyl (C=O) groups is 1. The summed E-state index contributed by atoms with van der Waals surface area (Å²) in [5.74, 6) is 1.24. The first-order chi connectivity index (χ1) is 11.1. The molecule has 23 heavy (non-hydrogen) atoms. The lowest BCUT2D eigenvalue weighted by molar-refractivity contribution is -0.123. The summed E-state index contributed by atoms with van der Waals surface area (Å²) in [6.07, 6.45) is 6.88. The molecule has 1 unspecified atom stereocenters. The van der Waals surface area contributed by atoms with Crippen molar-refractivity contribution < 1.29 is 9.53 Å². The molecule has 0 aromatic heterocycles. The van der Waals surface area contributed by atoms with Crippen molar-refractivity contribution >= 4 is 21.8 Å². The first kappa shape index (κ1) is 20.0. The molecule has 0 saturated heterocycles. The molecule has 1 atom stereocenters. The molecule has 0 aliphatic heterocycles. The topological polar surface area (TPSA) is 38.3 Å². The second-order valence-electron chi connectivity index (χ2n) is 6.02. The van der Waals surface area contributed by atoms with E-state index in [-0.39, 0.29) is 12.5 Å². The largest absolute Gasteiger partial charge is 0.483 e. The average Bonchev–Trinajstić information content (AvgIpc) is 2.54. The number of rotatable bonds is 11. The molecule has 1 aromatic rings. The Morgan fingerprint density at radius 3 is 2.65 bits per heavy atom. The molecule has 1 aromatic carbocycles. The highest BCUT2D eigenvalue weighted by Gasteiger charge is 2.10. The molecule has 0 aliphatic rings. The van der Waals surface area contributed by atoms with E-state index in [0.717, 1.165) is 36.0 Å². The van der Waals surface area contributed by atoms with E-state index in [2.05, 4.69) is 54.2 Å². The Hall–Kier alpha value is -1.03. The molecule has 130 valence electrons. The van der Waals surface area contributed by atoms with Gasteiger partial charge in [-0.25, -0.2) is 0 Å². The maximum Gasteiger partial charge on any atom is 0.257 e. The predicted octanol–water partition coefficient (Wildman–Crippen LogP) is 5.11. The van der Waals surface area contributed by atoms with Crippen molar-refractivity contribution in [1.29, 1.82) is 0 Å². The van der Waals surface area contributed by atoms with E-state index in [4.69, 9.17) is 4.74 Å². The molecule has 0 saturated carbocycles. The summed E-state index contributed by atoms with van der Waals surface area (Å²) in [7, 11) is 0. The molecule has 1 N–H and O–H groups in total. The SMILES string of the molecule is CCCCC(CC)CNC(=O)COc1ccc(CCC)cc1Br. The van der Waals surface area contributed by atoms with Crippen molar-refractivity contribution in [2.24, 2.45) is 5.92 Å². The summed E-state index contributed by atoms with van der Waals surface area (Å²) < 4.78 is 6.53. The Kier molecular flexibility index (Phi) is 10.0. The zero-order valence-electron chi connectivity index (χ0n) is 14.7. The highest BCUT2D eigenvalue weighted by molar-refractivity contribution is 9.10. The molecule has 1 rings (SSSR count). The molecule has 1 amide bonds. The first-order valence-electron chi connectivity index (χ1n) is 8.78. The van der Waals surface area contributed by atoms with Gasteiger partial charge in [0.2, 0.25) is 0 Å². The molecule has 0 heterocycles. The van der Waals surface area contributed by atoms with Crippen LogP contribution in [0.4, 0.5) is 0 Å².